The lowest BCUT2D eigenvalue weighted by Crippen LogP contribution is -2.08. The van der Waals surface area contributed by atoms with Crippen molar-refractivity contribution >= 4 is 5.78 Å². The van der Waals surface area contributed by atoms with E-state index in [0.29, 0.717) is 24.4 Å². The third kappa shape index (κ3) is 4.11. The minimum atomic E-state index is -0.312. The molecule has 0 fully saturated rings. The fraction of sp³-hybridized carbons (Fsp3) is 0.462. The average molecular weight is 223 g/mol. The molecule has 3 heteroatoms. The number of carbonyl (C=O) groups excluding carboxylic acids is 1. The van der Waals surface area contributed by atoms with E-state index in [2.05, 4.69) is 6.92 Å². The van der Waals surface area contributed by atoms with Crippen molar-refractivity contribution in [3.8, 4) is 0 Å². The van der Waals surface area contributed by atoms with Crippen LogP contribution >= 0.6 is 0 Å². The number of benzene rings is 1. The monoisotopic (exact) mass is 223 g/mol. The van der Waals surface area contributed by atoms with Gasteiger partial charge in [0.25, 0.3) is 0 Å². The number of hydrogen-bond donors (Lipinski definition) is 1. The largest absolute Gasteiger partial charge is 0.330 e. The highest BCUT2D eigenvalue weighted by molar-refractivity contribution is 5.95. The van der Waals surface area contributed by atoms with Gasteiger partial charge < -0.3 is 5.73 Å². The van der Waals surface area contributed by atoms with Gasteiger partial charge in [-0.3, -0.25) is 4.79 Å². The number of hydrogen-bond acceptors (Lipinski definition) is 2. The summed E-state index contributed by atoms with van der Waals surface area (Å²) in [6.45, 7) is 2.75. The van der Waals surface area contributed by atoms with E-state index in [9.17, 15) is 9.18 Å². The lowest BCUT2D eigenvalue weighted by Gasteiger charge is -2.08. The molecule has 16 heavy (non-hydrogen) atoms. The predicted octanol–water partition coefficient (Wildman–Crippen LogP) is 2.77. The number of ketones is 1. The molecule has 1 atom stereocenters. The Morgan fingerprint density at radius 2 is 1.94 bits per heavy atom. The summed E-state index contributed by atoms with van der Waals surface area (Å²) in [6.07, 6.45) is 2.29. The smallest absolute Gasteiger partial charge is 0.162 e. The maximum absolute atomic E-state index is 12.6. The zero-order chi connectivity index (χ0) is 12.0. The predicted molar refractivity (Wildman–Crippen MR) is 62.8 cm³/mol. The molecule has 0 aliphatic rings. The van der Waals surface area contributed by atoms with Crippen molar-refractivity contribution in [1.82, 2.24) is 0 Å². The van der Waals surface area contributed by atoms with Crippen molar-refractivity contribution < 1.29 is 9.18 Å². The summed E-state index contributed by atoms with van der Waals surface area (Å²) in [5.74, 6) is 0.228. The first-order valence-corrected chi connectivity index (χ1v) is 5.62. The lowest BCUT2D eigenvalue weighted by molar-refractivity contribution is 0.0974. The fourth-order valence-corrected chi connectivity index (χ4v) is 1.59. The summed E-state index contributed by atoms with van der Waals surface area (Å²) in [4.78, 5) is 11.7. The molecule has 0 saturated carbocycles. The maximum Gasteiger partial charge on any atom is 0.162 e. The van der Waals surface area contributed by atoms with Gasteiger partial charge in [0.1, 0.15) is 5.82 Å². The zero-order valence-electron chi connectivity index (χ0n) is 9.58. The van der Waals surface area contributed by atoms with Gasteiger partial charge in [0, 0.05) is 12.0 Å². The van der Waals surface area contributed by atoms with E-state index in [1.54, 1.807) is 0 Å². The molecule has 0 radical (unpaired) electrons. The Bertz CT molecular complexity index is 334. The quantitative estimate of drug-likeness (QED) is 0.753. The molecule has 0 aliphatic carbocycles. The molecule has 0 amide bonds. The highest BCUT2D eigenvalue weighted by Crippen LogP contribution is 2.13. The first kappa shape index (κ1) is 12.8. The summed E-state index contributed by atoms with van der Waals surface area (Å²) >= 11 is 0. The van der Waals surface area contributed by atoms with Gasteiger partial charge >= 0.3 is 0 Å². The SMILES string of the molecule is CC(CCN)CCC(=O)c1ccc(F)cc1. The van der Waals surface area contributed by atoms with Crippen molar-refractivity contribution in [1.29, 1.82) is 0 Å². The van der Waals surface area contributed by atoms with E-state index in [0.717, 1.165) is 12.8 Å². The molecule has 1 aromatic rings. The fourth-order valence-electron chi connectivity index (χ4n) is 1.59. The average Bonchev–Trinajstić information content (AvgIpc) is 2.27. The topological polar surface area (TPSA) is 43.1 Å². The molecule has 0 bridgehead atoms. The number of rotatable bonds is 6. The Hall–Kier alpha value is -1.22. The molecule has 0 aliphatic heterocycles. The Labute approximate surface area is 95.7 Å². The van der Waals surface area contributed by atoms with Crippen LogP contribution in [0.5, 0.6) is 0 Å². The maximum atomic E-state index is 12.6. The first-order valence-electron chi connectivity index (χ1n) is 5.62. The molecule has 2 N–H and O–H groups in total. The van der Waals surface area contributed by atoms with Crippen LogP contribution in [0, 0.1) is 11.7 Å². The van der Waals surface area contributed by atoms with Gasteiger partial charge in [-0.25, -0.2) is 4.39 Å². The van der Waals surface area contributed by atoms with Crippen molar-refractivity contribution in [3.63, 3.8) is 0 Å². The van der Waals surface area contributed by atoms with E-state index in [-0.39, 0.29) is 11.6 Å². The molecule has 88 valence electrons. The molecule has 0 aromatic heterocycles. The van der Waals surface area contributed by atoms with Crippen molar-refractivity contribution in [2.45, 2.75) is 26.2 Å². The Kier molecular flexibility index (Phi) is 5.12. The summed E-state index contributed by atoms with van der Waals surface area (Å²) in [6, 6.07) is 5.70. The van der Waals surface area contributed by atoms with Gasteiger partial charge in [0.15, 0.2) is 5.78 Å². The van der Waals surface area contributed by atoms with E-state index in [1.165, 1.54) is 24.3 Å². The van der Waals surface area contributed by atoms with Crippen LogP contribution in [0.15, 0.2) is 24.3 Å². The summed E-state index contributed by atoms with van der Waals surface area (Å²) in [5.41, 5.74) is 6.02. The minimum Gasteiger partial charge on any atom is -0.330 e. The van der Waals surface area contributed by atoms with Crippen molar-refractivity contribution in [2.75, 3.05) is 6.54 Å². The first-order chi connectivity index (χ1) is 7.63. The highest BCUT2D eigenvalue weighted by atomic mass is 19.1. The molecular formula is C13H18FNO. The van der Waals surface area contributed by atoms with Crippen LogP contribution in [0.25, 0.3) is 0 Å². The van der Waals surface area contributed by atoms with Crippen LogP contribution in [0.1, 0.15) is 36.5 Å². The van der Waals surface area contributed by atoms with Crippen LogP contribution in [0.2, 0.25) is 0 Å². The summed E-state index contributed by atoms with van der Waals surface area (Å²) in [7, 11) is 0. The molecular weight excluding hydrogens is 205 g/mol. The van der Waals surface area contributed by atoms with E-state index in [4.69, 9.17) is 5.73 Å². The van der Waals surface area contributed by atoms with Crippen LogP contribution < -0.4 is 5.73 Å². The van der Waals surface area contributed by atoms with E-state index >= 15 is 0 Å². The summed E-state index contributed by atoms with van der Waals surface area (Å²) in [5, 5.41) is 0. The molecule has 1 rings (SSSR count). The van der Waals surface area contributed by atoms with Gasteiger partial charge in [-0.05, 0) is 49.6 Å². The Balaban J connectivity index is 2.43. The van der Waals surface area contributed by atoms with Gasteiger partial charge in [-0.2, -0.15) is 0 Å². The summed E-state index contributed by atoms with van der Waals surface area (Å²) < 4.78 is 12.6. The molecule has 1 unspecified atom stereocenters. The molecule has 2 nitrogen and oxygen atoms in total. The zero-order valence-corrected chi connectivity index (χ0v) is 9.58. The second kappa shape index (κ2) is 6.38. The Morgan fingerprint density at radius 3 is 2.50 bits per heavy atom. The van der Waals surface area contributed by atoms with Crippen LogP contribution in [0.4, 0.5) is 4.39 Å². The number of halogens is 1. The third-order valence-electron chi connectivity index (χ3n) is 2.69. The molecule has 0 heterocycles. The molecule has 0 spiro atoms. The molecule has 1 aromatic carbocycles. The van der Waals surface area contributed by atoms with Crippen molar-refractivity contribution in [3.05, 3.63) is 35.6 Å². The van der Waals surface area contributed by atoms with Crippen LogP contribution in [-0.2, 0) is 0 Å². The standard InChI is InChI=1S/C13H18FNO/c1-10(8-9-15)2-7-13(16)11-3-5-12(14)6-4-11/h3-6,10H,2,7-9,15H2,1H3. The molecule has 0 saturated heterocycles. The Morgan fingerprint density at radius 1 is 1.31 bits per heavy atom. The van der Waals surface area contributed by atoms with Crippen molar-refractivity contribution in [2.24, 2.45) is 11.7 Å². The van der Waals surface area contributed by atoms with E-state index in [1.807, 2.05) is 0 Å². The highest BCUT2D eigenvalue weighted by Gasteiger charge is 2.08. The number of carbonyl (C=O) groups is 1. The normalized spacial score (nSPS) is 12.4. The second-order valence-electron chi connectivity index (χ2n) is 4.15. The van der Waals surface area contributed by atoms with Crippen LogP contribution in [0.3, 0.4) is 0 Å². The van der Waals surface area contributed by atoms with Gasteiger partial charge in [0.2, 0.25) is 0 Å². The number of nitrogens with two attached hydrogens (primary N) is 1. The van der Waals surface area contributed by atoms with Crippen LogP contribution in [-0.4, -0.2) is 12.3 Å². The second-order valence-corrected chi connectivity index (χ2v) is 4.15. The van der Waals surface area contributed by atoms with Gasteiger partial charge in [-0.15, -0.1) is 0 Å². The van der Waals surface area contributed by atoms with E-state index < -0.39 is 0 Å². The van der Waals surface area contributed by atoms with Gasteiger partial charge in [-0.1, -0.05) is 6.92 Å². The third-order valence-corrected chi connectivity index (χ3v) is 2.69. The van der Waals surface area contributed by atoms with Gasteiger partial charge in [0.05, 0.1) is 0 Å². The number of Topliss-reactive ketones (excluding diaryl/α,β-unsaturated/α-hetero) is 1. The lowest BCUT2D eigenvalue weighted by atomic mass is 9.98. The minimum absolute atomic E-state index is 0.0730.